The van der Waals surface area contributed by atoms with Crippen molar-refractivity contribution in [1.82, 2.24) is 15.0 Å². The molecule has 192 valence electrons. The molecule has 3 heterocycles. The van der Waals surface area contributed by atoms with Gasteiger partial charge in [-0.3, -0.25) is 0 Å². The van der Waals surface area contributed by atoms with Crippen LogP contribution in [0.25, 0.3) is 21.5 Å². The molecule has 0 amide bonds. The van der Waals surface area contributed by atoms with Gasteiger partial charge in [-0.25, -0.2) is 9.78 Å². The van der Waals surface area contributed by atoms with Crippen molar-refractivity contribution in [3.8, 4) is 11.3 Å². The quantitative estimate of drug-likeness (QED) is 0.245. The molecule has 37 heavy (non-hydrogen) atoms. The van der Waals surface area contributed by atoms with Crippen LogP contribution in [-0.2, 0) is 12.8 Å². The van der Waals surface area contributed by atoms with E-state index in [4.69, 9.17) is 32.7 Å². The van der Waals surface area contributed by atoms with Crippen molar-refractivity contribution < 1.29 is 14.4 Å². The Morgan fingerprint density at radius 1 is 1.11 bits per heavy atom. The number of carbonyl (C=O) groups is 1. The van der Waals surface area contributed by atoms with Crippen LogP contribution in [0.2, 0.25) is 10.0 Å². The number of thiazole rings is 1. The van der Waals surface area contributed by atoms with Gasteiger partial charge in [0.15, 0.2) is 0 Å². The summed E-state index contributed by atoms with van der Waals surface area (Å²) in [6, 6.07) is 10.7. The predicted molar refractivity (Wildman–Crippen MR) is 147 cm³/mol. The molecule has 2 aliphatic rings. The van der Waals surface area contributed by atoms with Crippen molar-refractivity contribution in [1.29, 1.82) is 0 Å². The topological polar surface area (TPSA) is 79.5 Å². The average Bonchev–Trinajstić information content (AvgIpc) is 3.52. The Labute approximate surface area is 229 Å². The lowest BCUT2D eigenvalue weighted by molar-refractivity contribution is 0.0697. The molecule has 1 aliphatic carbocycles. The van der Waals surface area contributed by atoms with Crippen LogP contribution in [0.5, 0.6) is 0 Å². The van der Waals surface area contributed by atoms with Crippen LogP contribution < -0.4 is 0 Å². The number of hydrogen-bond donors (Lipinski definition) is 1. The SMILES string of the molecule is O=C(O)c1ccc2nc(CC3CCN(CCc4c(-c5c(Cl)cccc5Cl)noc4C4CC4)CC3)sc2c1. The molecule has 0 spiro atoms. The first-order valence-corrected chi connectivity index (χ1v) is 14.3. The molecule has 1 N–H and O–H groups in total. The number of likely N-dealkylation sites (tertiary alicyclic amines) is 1. The number of halogens is 2. The Balaban J connectivity index is 1.09. The molecule has 1 saturated heterocycles. The van der Waals surface area contributed by atoms with Crippen molar-refractivity contribution in [2.75, 3.05) is 19.6 Å². The zero-order valence-electron chi connectivity index (χ0n) is 20.3. The van der Waals surface area contributed by atoms with Crippen molar-refractivity contribution in [2.45, 2.75) is 44.4 Å². The molecule has 0 unspecified atom stereocenters. The average molecular weight is 557 g/mol. The molecule has 2 aromatic carbocycles. The van der Waals surface area contributed by atoms with Gasteiger partial charge in [-0.2, -0.15) is 0 Å². The summed E-state index contributed by atoms with van der Waals surface area (Å²) in [5.41, 5.74) is 3.90. The molecule has 1 aliphatic heterocycles. The lowest BCUT2D eigenvalue weighted by Crippen LogP contribution is -2.35. The van der Waals surface area contributed by atoms with Crippen LogP contribution in [0.1, 0.15) is 58.3 Å². The second kappa shape index (κ2) is 10.4. The third-order valence-electron chi connectivity index (χ3n) is 7.49. The molecule has 2 fully saturated rings. The molecule has 6 rings (SSSR count). The van der Waals surface area contributed by atoms with Crippen molar-refractivity contribution in [3.05, 3.63) is 68.3 Å². The van der Waals surface area contributed by atoms with Gasteiger partial charge in [-0.05, 0) is 81.4 Å². The van der Waals surface area contributed by atoms with Crippen LogP contribution in [0, 0.1) is 5.92 Å². The second-order valence-corrected chi connectivity index (χ2v) is 12.0. The number of rotatable bonds is 8. The number of aromatic carboxylic acids is 1. The van der Waals surface area contributed by atoms with Crippen molar-refractivity contribution in [2.24, 2.45) is 5.92 Å². The summed E-state index contributed by atoms with van der Waals surface area (Å²) < 4.78 is 6.77. The van der Waals surface area contributed by atoms with E-state index in [9.17, 15) is 9.90 Å². The van der Waals surface area contributed by atoms with Crippen LogP contribution in [-0.4, -0.2) is 45.8 Å². The van der Waals surface area contributed by atoms with Crippen LogP contribution >= 0.6 is 34.5 Å². The second-order valence-electron chi connectivity index (χ2n) is 10.1. The molecule has 4 aromatic rings. The number of hydrogen-bond acceptors (Lipinski definition) is 6. The van der Waals surface area contributed by atoms with E-state index in [0.29, 0.717) is 27.4 Å². The molecular weight excluding hydrogens is 529 g/mol. The van der Waals surface area contributed by atoms with Crippen molar-refractivity contribution in [3.63, 3.8) is 0 Å². The van der Waals surface area contributed by atoms with Gasteiger partial charge in [0.2, 0.25) is 0 Å². The number of benzene rings is 2. The van der Waals surface area contributed by atoms with E-state index in [2.05, 4.69) is 10.1 Å². The molecule has 0 atom stereocenters. The summed E-state index contributed by atoms with van der Waals surface area (Å²) in [5.74, 6) is 1.15. The van der Waals surface area contributed by atoms with Gasteiger partial charge in [-0.15, -0.1) is 11.3 Å². The highest BCUT2D eigenvalue weighted by atomic mass is 35.5. The number of carboxylic acid groups (broad SMARTS) is 1. The van der Waals surface area contributed by atoms with Crippen LogP contribution in [0.15, 0.2) is 40.9 Å². The summed E-state index contributed by atoms with van der Waals surface area (Å²) >= 11 is 14.6. The van der Waals surface area contributed by atoms with Gasteiger partial charge in [-0.1, -0.05) is 34.4 Å². The minimum absolute atomic E-state index is 0.314. The maximum atomic E-state index is 11.3. The highest BCUT2D eigenvalue weighted by Gasteiger charge is 2.33. The lowest BCUT2D eigenvalue weighted by Gasteiger charge is -2.31. The van der Waals surface area contributed by atoms with Gasteiger partial charge in [0, 0.05) is 30.0 Å². The summed E-state index contributed by atoms with van der Waals surface area (Å²) in [5, 5.41) is 16.0. The zero-order chi connectivity index (χ0) is 25.5. The molecule has 1 saturated carbocycles. The Morgan fingerprint density at radius 2 is 1.86 bits per heavy atom. The van der Waals surface area contributed by atoms with E-state index < -0.39 is 5.97 Å². The summed E-state index contributed by atoms with van der Waals surface area (Å²) in [6.45, 7) is 3.04. The maximum absolute atomic E-state index is 11.3. The summed E-state index contributed by atoms with van der Waals surface area (Å²) in [6.07, 6.45) is 6.35. The molecule has 0 radical (unpaired) electrons. The predicted octanol–water partition coefficient (Wildman–Crippen LogP) is 7.33. The van der Waals surface area contributed by atoms with Gasteiger partial charge < -0.3 is 14.5 Å². The fraction of sp³-hybridized carbons (Fsp3) is 0.393. The third kappa shape index (κ3) is 5.28. The first kappa shape index (κ1) is 24.9. The highest BCUT2D eigenvalue weighted by Crippen LogP contribution is 2.46. The molecular formula is C28H27Cl2N3O3S. The van der Waals surface area contributed by atoms with Gasteiger partial charge >= 0.3 is 5.97 Å². The Bertz CT molecular complexity index is 1430. The Hall–Kier alpha value is -2.45. The molecule has 9 heteroatoms. The highest BCUT2D eigenvalue weighted by molar-refractivity contribution is 7.18. The minimum Gasteiger partial charge on any atom is -0.478 e. The van der Waals surface area contributed by atoms with E-state index in [-0.39, 0.29) is 0 Å². The van der Waals surface area contributed by atoms with Crippen LogP contribution in [0.3, 0.4) is 0 Å². The summed E-state index contributed by atoms with van der Waals surface area (Å²) in [7, 11) is 0. The first-order valence-electron chi connectivity index (χ1n) is 12.7. The lowest BCUT2D eigenvalue weighted by atomic mass is 9.93. The smallest absolute Gasteiger partial charge is 0.335 e. The number of carboxylic acids is 1. The monoisotopic (exact) mass is 555 g/mol. The number of aromatic nitrogens is 2. The van der Waals surface area contributed by atoms with Crippen molar-refractivity contribution >= 4 is 50.7 Å². The van der Waals surface area contributed by atoms with E-state index in [1.54, 1.807) is 23.5 Å². The Kier molecular flexibility index (Phi) is 6.97. The van der Waals surface area contributed by atoms with Gasteiger partial charge in [0.25, 0.3) is 0 Å². The fourth-order valence-corrected chi connectivity index (χ4v) is 6.97. The van der Waals surface area contributed by atoms with Crippen LogP contribution in [0.4, 0.5) is 0 Å². The summed E-state index contributed by atoms with van der Waals surface area (Å²) in [4.78, 5) is 18.5. The van der Waals surface area contributed by atoms with E-state index in [1.165, 1.54) is 0 Å². The van der Waals surface area contributed by atoms with Gasteiger partial charge in [0.05, 0.1) is 30.8 Å². The fourth-order valence-electron chi connectivity index (χ4n) is 5.27. The largest absolute Gasteiger partial charge is 0.478 e. The zero-order valence-corrected chi connectivity index (χ0v) is 22.6. The normalized spacial score (nSPS) is 17.0. The first-order chi connectivity index (χ1) is 18.0. The minimum atomic E-state index is -0.901. The van der Waals surface area contributed by atoms with E-state index >= 15 is 0 Å². The molecule has 2 aromatic heterocycles. The maximum Gasteiger partial charge on any atom is 0.335 e. The Morgan fingerprint density at radius 3 is 2.57 bits per heavy atom. The standard InChI is InChI=1S/C28H27Cl2N3O3S/c29-20-2-1-3-21(30)25(20)26-19(27(36-32-26)17-4-5-17)10-13-33-11-8-16(9-12-33)14-24-31-22-7-6-18(28(34)35)15-23(22)37-24/h1-3,6-7,15-17H,4-5,8-14H2,(H,34,35). The third-order valence-corrected chi connectivity index (χ3v) is 9.16. The number of fused-ring (bicyclic) bond motifs is 1. The molecule has 6 nitrogen and oxygen atoms in total. The molecule has 0 bridgehead atoms. The number of nitrogens with zero attached hydrogens (tertiary/aromatic N) is 3. The van der Waals surface area contributed by atoms with Gasteiger partial charge in [0.1, 0.15) is 11.5 Å². The van der Waals surface area contributed by atoms with E-state index in [0.717, 1.165) is 96.0 Å². The number of piperidine rings is 1. The van der Waals surface area contributed by atoms with E-state index in [1.807, 2.05) is 24.3 Å².